The zero-order valence-electron chi connectivity index (χ0n) is 14.1. The molecule has 1 aromatic carbocycles. The maximum absolute atomic E-state index is 13.7. The third-order valence-electron chi connectivity index (χ3n) is 5.46. The van der Waals surface area contributed by atoms with Crippen LogP contribution in [0.25, 0.3) is 0 Å². The first-order valence-corrected chi connectivity index (χ1v) is 8.86. The summed E-state index contributed by atoms with van der Waals surface area (Å²) in [5.74, 6) is 0.303. The summed E-state index contributed by atoms with van der Waals surface area (Å²) in [6.07, 6.45) is 4.40. The molecule has 130 valence electrons. The molecule has 3 fully saturated rings. The van der Waals surface area contributed by atoms with Crippen molar-refractivity contribution in [2.45, 2.75) is 44.3 Å². The molecule has 0 aromatic heterocycles. The van der Waals surface area contributed by atoms with E-state index in [0.29, 0.717) is 30.8 Å². The van der Waals surface area contributed by atoms with Crippen molar-refractivity contribution in [1.82, 2.24) is 4.90 Å². The monoisotopic (exact) mass is 333 g/mol. The van der Waals surface area contributed by atoms with Gasteiger partial charge in [-0.1, -0.05) is 6.07 Å². The topological polar surface area (TPSA) is 38.8 Å². The minimum Gasteiger partial charge on any atom is -0.375 e. The summed E-state index contributed by atoms with van der Waals surface area (Å²) in [4.78, 5) is 14.4. The average molecular weight is 333 g/mol. The van der Waals surface area contributed by atoms with Gasteiger partial charge in [0.05, 0.1) is 24.9 Å². The van der Waals surface area contributed by atoms with Crippen molar-refractivity contribution in [2.24, 2.45) is 5.92 Å². The third-order valence-corrected chi connectivity index (χ3v) is 5.46. The largest absolute Gasteiger partial charge is 0.375 e. The van der Waals surface area contributed by atoms with Crippen molar-refractivity contribution < 1.29 is 18.7 Å². The standard InChI is InChI=1S/C19H24FNO3/c1-13-2-5-15(8-17(13)20)18(22)21-7-6-19(12-21)9-16(11-24-19)23-10-14-3-4-14/h2,5,8,14,16H,3-4,6-7,9-12H2,1H3/t16-,19+/m1/s1. The van der Waals surface area contributed by atoms with Crippen LogP contribution in [0, 0.1) is 18.7 Å². The highest BCUT2D eigenvalue weighted by molar-refractivity contribution is 5.94. The van der Waals surface area contributed by atoms with Crippen LogP contribution in [0.3, 0.4) is 0 Å². The van der Waals surface area contributed by atoms with Gasteiger partial charge in [-0.2, -0.15) is 0 Å². The van der Waals surface area contributed by atoms with Gasteiger partial charge in [-0.05, 0) is 49.8 Å². The number of ether oxygens (including phenoxy) is 2. The summed E-state index contributed by atoms with van der Waals surface area (Å²) in [7, 11) is 0. The van der Waals surface area contributed by atoms with Gasteiger partial charge in [0.1, 0.15) is 5.82 Å². The molecule has 0 radical (unpaired) electrons. The molecule has 2 heterocycles. The van der Waals surface area contributed by atoms with Crippen LogP contribution in [0.4, 0.5) is 4.39 Å². The summed E-state index contributed by atoms with van der Waals surface area (Å²) in [5.41, 5.74) is 0.696. The van der Waals surface area contributed by atoms with Gasteiger partial charge in [-0.3, -0.25) is 4.79 Å². The summed E-state index contributed by atoms with van der Waals surface area (Å²) in [5, 5.41) is 0. The Kier molecular flexibility index (Phi) is 4.09. The number of likely N-dealkylation sites (tertiary alicyclic amines) is 1. The smallest absolute Gasteiger partial charge is 0.254 e. The number of amides is 1. The summed E-state index contributed by atoms with van der Waals surface area (Å²) < 4.78 is 25.7. The predicted octanol–water partition coefficient (Wildman–Crippen LogP) is 2.93. The van der Waals surface area contributed by atoms with E-state index in [-0.39, 0.29) is 23.4 Å². The molecule has 3 aliphatic rings. The van der Waals surface area contributed by atoms with Crippen molar-refractivity contribution in [3.63, 3.8) is 0 Å². The van der Waals surface area contributed by atoms with E-state index in [9.17, 15) is 9.18 Å². The second kappa shape index (κ2) is 6.12. The van der Waals surface area contributed by atoms with Crippen molar-refractivity contribution in [3.8, 4) is 0 Å². The van der Waals surface area contributed by atoms with Crippen molar-refractivity contribution in [2.75, 3.05) is 26.3 Å². The fourth-order valence-electron chi connectivity index (χ4n) is 3.68. The number of hydrogen-bond acceptors (Lipinski definition) is 3. The Bertz CT molecular complexity index is 645. The zero-order valence-corrected chi connectivity index (χ0v) is 14.1. The first-order chi connectivity index (χ1) is 11.5. The molecule has 1 spiro atoms. The Morgan fingerprint density at radius 1 is 1.46 bits per heavy atom. The van der Waals surface area contributed by atoms with Gasteiger partial charge in [0.25, 0.3) is 5.91 Å². The second-order valence-electron chi connectivity index (χ2n) is 7.54. The first-order valence-electron chi connectivity index (χ1n) is 8.86. The number of benzene rings is 1. The molecule has 4 nitrogen and oxygen atoms in total. The quantitative estimate of drug-likeness (QED) is 0.850. The highest BCUT2D eigenvalue weighted by atomic mass is 19.1. The minimum absolute atomic E-state index is 0.114. The van der Waals surface area contributed by atoms with E-state index in [1.165, 1.54) is 18.9 Å². The summed E-state index contributed by atoms with van der Waals surface area (Å²) in [6, 6.07) is 4.69. The molecule has 4 rings (SSSR count). The molecule has 0 N–H and O–H groups in total. The Balaban J connectivity index is 1.37. The molecule has 0 bridgehead atoms. The number of carbonyl (C=O) groups excluding carboxylic acids is 1. The number of aryl methyl sites for hydroxylation is 1. The van der Waals surface area contributed by atoms with Gasteiger partial charge in [0, 0.05) is 25.1 Å². The molecular weight excluding hydrogens is 309 g/mol. The van der Waals surface area contributed by atoms with E-state index in [4.69, 9.17) is 9.47 Å². The maximum Gasteiger partial charge on any atom is 0.254 e. The van der Waals surface area contributed by atoms with Gasteiger partial charge in [-0.25, -0.2) is 4.39 Å². The number of carbonyl (C=O) groups is 1. The number of halogens is 1. The molecule has 1 amide bonds. The number of hydrogen-bond donors (Lipinski definition) is 0. The Morgan fingerprint density at radius 3 is 3.04 bits per heavy atom. The van der Waals surface area contributed by atoms with Crippen molar-refractivity contribution in [1.29, 1.82) is 0 Å². The Hall–Kier alpha value is -1.46. The van der Waals surface area contributed by atoms with Crippen LogP contribution >= 0.6 is 0 Å². The molecule has 1 aromatic rings. The van der Waals surface area contributed by atoms with Crippen LogP contribution in [-0.4, -0.2) is 48.8 Å². The molecule has 2 atom stereocenters. The maximum atomic E-state index is 13.7. The van der Waals surface area contributed by atoms with E-state index in [0.717, 1.165) is 25.4 Å². The normalized spacial score (nSPS) is 29.6. The van der Waals surface area contributed by atoms with Gasteiger partial charge in [0.15, 0.2) is 0 Å². The molecule has 1 saturated carbocycles. The van der Waals surface area contributed by atoms with Crippen LogP contribution < -0.4 is 0 Å². The van der Waals surface area contributed by atoms with Crippen LogP contribution in [0.1, 0.15) is 41.6 Å². The Labute approximate surface area is 141 Å². The molecule has 0 unspecified atom stereocenters. The van der Waals surface area contributed by atoms with Crippen LogP contribution in [0.2, 0.25) is 0 Å². The van der Waals surface area contributed by atoms with Gasteiger partial charge in [-0.15, -0.1) is 0 Å². The zero-order chi connectivity index (χ0) is 16.7. The molecule has 1 aliphatic carbocycles. The summed E-state index contributed by atoms with van der Waals surface area (Å²) in [6.45, 7) is 4.39. The number of rotatable bonds is 4. The molecular formula is C19H24FNO3. The average Bonchev–Trinajstić information content (AvgIpc) is 3.19. The lowest BCUT2D eigenvalue weighted by Crippen LogP contribution is -2.36. The van der Waals surface area contributed by atoms with Crippen molar-refractivity contribution in [3.05, 3.63) is 35.1 Å². The number of nitrogens with zero attached hydrogens (tertiary/aromatic N) is 1. The third kappa shape index (κ3) is 3.20. The fourth-order valence-corrected chi connectivity index (χ4v) is 3.68. The minimum atomic E-state index is -0.333. The highest BCUT2D eigenvalue weighted by Gasteiger charge is 2.47. The lowest BCUT2D eigenvalue weighted by Gasteiger charge is -2.23. The lowest BCUT2D eigenvalue weighted by atomic mass is 9.98. The Morgan fingerprint density at radius 2 is 2.29 bits per heavy atom. The van der Waals surface area contributed by atoms with E-state index in [1.54, 1.807) is 24.0 Å². The van der Waals surface area contributed by atoms with E-state index < -0.39 is 0 Å². The molecule has 5 heteroatoms. The first kappa shape index (κ1) is 16.0. The van der Waals surface area contributed by atoms with E-state index in [2.05, 4.69) is 0 Å². The molecule has 2 aliphatic heterocycles. The predicted molar refractivity (Wildman–Crippen MR) is 87.4 cm³/mol. The SMILES string of the molecule is Cc1ccc(C(=O)N2CC[C@]3(C[C@@H](OCC4CC4)CO3)C2)cc1F. The lowest BCUT2D eigenvalue weighted by molar-refractivity contribution is 0.00156. The summed E-state index contributed by atoms with van der Waals surface area (Å²) >= 11 is 0. The highest BCUT2D eigenvalue weighted by Crippen LogP contribution is 2.38. The van der Waals surface area contributed by atoms with E-state index in [1.807, 2.05) is 0 Å². The van der Waals surface area contributed by atoms with E-state index >= 15 is 0 Å². The second-order valence-corrected chi connectivity index (χ2v) is 7.54. The van der Waals surface area contributed by atoms with Gasteiger partial charge >= 0.3 is 0 Å². The van der Waals surface area contributed by atoms with Gasteiger partial charge in [0.2, 0.25) is 0 Å². The van der Waals surface area contributed by atoms with Crippen LogP contribution in [0.15, 0.2) is 18.2 Å². The molecule has 24 heavy (non-hydrogen) atoms. The van der Waals surface area contributed by atoms with Crippen LogP contribution in [0.5, 0.6) is 0 Å². The van der Waals surface area contributed by atoms with Crippen LogP contribution in [-0.2, 0) is 9.47 Å². The fraction of sp³-hybridized carbons (Fsp3) is 0.632. The van der Waals surface area contributed by atoms with Gasteiger partial charge < -0.3 is 14.4 Å². The van der Waals surface area contributed by atoms with Crippen molar-refractivity contribution >= 4 is 5.91 Å². The molecule has 2 saturated heterocycles.